The fraction of sp³-hybridized carbons (Fsp3) is 0.259. The normalized spacial score (nSPS) is 11.2. The molecule has 1 heterocycles. The van der Waals surface area contributed by atoms with Crippen molar-refractivity contribution in [1.29, 1.82) is 0 Å². The van der Waals surface area contributed by atoms with Crippen molar-refractivity contribution in [3.8, 4) is 21.7 Å². The molecule has 0 atom stereocenters. The van der Waals surface area contributed by atoms with Crippen LogP contribution in [0.5, 0.6) is 0 Å². The lowest BCUT2D eigenvalue weighted by molar-refractivity contribution is -0.136. The molecule has 6 N–H and O–H groups in total. The zero-order valence-electron chi connectivity index (χ0n) is 21.0. The molecule has 7 nitrogen and oxygen atoms in total. The lowest BCUT2D eigenvalue weighted by atomic mass is 9.93. The van der Waals surface area contributed by atoms with Crippen LogP contribution in [0.4, 0.5) is 11.4 Å². The minimum atomic E-state index is -0.878. The number of nitrogens with two attached hydrogens (primary N) is 2. The van der Waals surface area contributed by atoms with Gasteiger partial charge in [-0.05, 0) is 80.8 Å². The molecule has 0 aliphatic heterocycles. The average Bonchev–Trinajstić information content (AvgIpc) is 3.16. The third kappa shape index (κ3) is 6.73. The Morgan fingerprint density at radius 1 is 1.11 bits per heavy atom. The van der Waals surface area contributed by atoms with Gasteiger partial charge < -0.3 is 21.0 Å². The second kappa shape index (κ2) is 10.8. The van der Waals surface area contributed by atoms with Gasteiger partial charge in [0.15, 0.2) is 0 Å². The summed E-state index contributed by atoms with van der Waals surface area (Å²) in [6.45, 7) is 7.15. The van der Waals surface area contributed by atoms with Crippen LogP contribution in [0.2, 0.25) is 5.02 Å². The Kier molecular flexibility index (Phi) is 8.26. The van der Waals surface area contributed by atoms with Crippen LogP contribution in [0, 0.1) is 6.92 Å². The van der Waals surface area contributed by atoms with Crippen LogP contribution in [0.15, 0.2) is 48.5 Å². The number of aliphatic hydroxyl groups is 1. The van der Waals surface area contributed by atoms with Crippen LogP contribution in [0.25, 0.3) is 31.9 Å². The largest absolute Gasteiger partial charge is 0.481 e. The third-order valence-electron chi connectivity index (χ3n) is 5.13. The van der Waals surface area contributed by atoms with Crippen LogP contribution < -0.4 is 16.6 Å². The van der Waals surface area contributed by atoms with Gasteiger partial charge in [-0.3, -0.25) is 4.79 Å². The number of nitrogens with zero attached hydrogens (tertiary/aromatic N) is 2. The van der Waals surface area contributed by atoms with E-state index < -0.39 is 11.6 Å². The summed E-state index contributed by atoms with van der Waals surface area (Å²) < 4.78 is 0.928. The fourth-order valence-corrected chi connectivity index (χ4v) is 4.93. The van der Waals surface area contributed by atoms with Gasteiger partial charge in [0.1, 0.15) is 5.01 Å². The van der Waals surface area contributed by atoms with E-state index in [-0.39, 0.29) is 6.42 Å². The molecule has 0 fully saturated rings. The molecule has 3 aromatic carbocycles. The molecule has 0 unspecified atom stereocenters. The van der Waals surface area contributed by atoms with E-state index in [1.807, 2.05) is 43.3 Å². The van der Waals surface area contributed by atoms with Gasteiger partial charge in [0, 0.05) is 23.2 Å². The number of fused-ring (bicyclic) bond motifs is 1. The standard InChI is InChI=1S/C23H21ClN4O2S.C4H10O/c1-12-9-18-22(21(16(12)11-20(29)30)13-3-6-15(24)7-4-13)31-23(27-18)14-5-8-19(28(2)26)17(25)10-14;1-4(2,3)5/h3-10H,11,25-26H2,1-2H3,(H,29,30);5H,1-3H3. The predicted octanol–water partition coefficient (Wildman–Crippen LogP) is 5.89. The van der Waals surface area contributed by atoms with Crippen molar-refractivity contribution in [2.45, 2.75) is 39.7 Å². The maximum Gasteiger partial charge on any atom is 0.307 e. The number of halogens is 1. The first-order valence-electron chi connectivity index (χ1n) is 11.3. The minimum Gasteiger partial charge on any atom is -0.481 e. The van der Waals surface area contributed by atoms with Crippen molar-refractivity contribution in [1.82, 2.24) is 4.98 Å². The summed E-state index contributed by atoms with van der Waals surface area (Å²) >= 11 is 7.59. The van der Waals surface area contributed by atoms with Gasteiger partial charge in [-0.1, -0.05) is 23.7 Å². The molecule has 0 amide bonds. The number of nitrogen functional groups attached to an aromatic ring is 1. The molecule has 190 valence electrons. The molecule has 9 heteroatoms. The monoisotopic (exact) mass is 526 g/mol. The van der Waals surface area contributed by atoms with Gasteiger partial charge in [-0.2, -0.15) is 0 Å². The van der Waals surface area contributed by atoms with Gasteiger partial charge in [0.05, 0.1) is 33.6 Å². The topological polar surface area (TPSA) is 126 Å². The molecule has 0 aliphatic rings. The molecule has 0 spiro atoms. The Labute approximate surface area is 219 Å². The highest BCUT2D eigenvalue weighted by atomic mass is 35.5. The van der Waals surface area contributed by atoms with E-state index in [9.17, 15) is 9.90 Å². The number of anilines is 2. The summed E-state index contributed by atoms with van der Waals surface area (Å²) in [6, 6.07) is 15.0. The highest BCUT2D eigenvalue weighted by Crippen LogP contribution is 2.41. The van der Waals surface area contributed by atoms with E-state index >= 15 is 0 Å². The third-order valence-corrected chi connectivity index (χ3v) is 6.52. The Morgan fingerprint density at radius 2 is 1.69 bits per heavy atom. The Balaban J connectivity index is 0.000000658. The van der Waals surface area contributed by atoms with E-state index in [4.69, 9.17) is 33.3 Å². The second-order valence-corrected chi connectivity index (χ2v) is 11.0. The lowest BCUT2D eigenvalue weighted by Crippen LogP contribution is -2.25. The molecular formula is C27H31ClN4O3S. The zero-order chi connectivity index (χ0) is 26.8. The average molecular weight is 527 g/mol. The number of carboxylic acids is 1. The Bertz CT molecular complexity index is 1390. The number of hydrogen-bond acceptors (Lipinski definition) is 7. The van der Waals surface area contributed by atoms with Crippen molar-refractivity contribution in [3.63, 3.8) is 0 Å². The smallest absolute Gasteiger partial charge is 0.307 e. The molecule has 0 bridgehead atoms. The molecule has 0 saturated carbocycles. The predicted molar refractivity (Wildman–Crippen MR) is 151 cm³/mol. The van der Waals surface area contributed by atoms with Crippen molar-refractivity contribution in [2.24, 2.45) is 5.84 Å². The molecular weight excluding hydrogens is 496 g/mol. The molecule has 0 aliphatic carbocycles. The summed E-state index contributed by atoms with van der Waals surface area (Å²) in [5.41, 5.74) is 12.1. The number of benzene rings is 3. The first kappa shape index (κ1) is 27.4. The molecule has 0 radical (unpaired) electrons. The van der Waals surface area contributed by atoms with Gasteiger partial charge >= 0.3 is 5.97 Å². The lowest BCUT2D eigenvalue weighted by Gasteiger charge is -2.14. The SMILES string of the molecule is CC(C)(C)O.Cc1cc2nc(-c3ccc(N(C)N)c(N)c3)sc2c(-c2ccc(Cl)cc2)c1CC(=O)O. The number of aromatic nitrogens is 1. The summed E-state index contributed by atoms with van der Waals surface area (Å²) in [5, 5.41) is 20.9. The molecule has 4 rings (SSSR count). The van der Waals surface area contributed by atoms with Gasteiger partial charge in [-0.25, -0.2) is 10.8 Å². The highest BCUT2D eigenvalue weighted by Gasteiger charge is 2.20. The molecule has 1 aromatic heterocycles. The number of carbonyl (C=O) groups is 1. The number of thiazole rings is 1. The van der Waals surface area contributed by atoms with Crippen LogP contribution in [-0.2, 0) is 11.2 Å². The number of aliphatic carboxylic acids is 1. The van der Waals surface area contributed by atoms with Crippen LogP contribution in [-0.4, -0.2) is 33.8 Å². The van der Waals surface area contributed by atoms with Gasteiger partial charge in [0.25, 0.3) is 0 Å². The van der Waals surface area contributed by atoms with Crippen molar-refractivity contribution < 1.29 is 15.0 Å². The van der Waals surface area contributed by atoms with Crippen molar-refractivity contribution in [2.75, 3.05) is 17.8 Å². The summed E-state index contributed by atoms with van der Waals surface area (Å²) in [5.74, 6) is 4.94. The maximum absolute atomic E-state index is 11.6. The summed E-state index contributed by atoms with van der Waals surface area (Å²) in [7, 11) is 1.73. The fourth-order valence-electron chi connectivity index (χ4n) is 3.67. The van der Waals surface area contributed by atoms with Crippen LogP contribution in [0.3, 0.4) is 0 Å². The number of hydrazine groups is 1. The van der Waals surface area contributed by atoms with E-state index in [0.29, 0.717) is 10.7 Å². The number of hydrogen-bond donors (Lipinski definition) is 4. The van der Waals surface area contributed by atoms with E-state index in [1.165, 1.54) is 16.3 Å². The van der Waals surface area contributed by atoms with Gasteiger partial charge in [-0.15, -0.1) is 11.3 Å². The first-order valence-corrected chi connectivity index (χ1v) is 12.5. The maximum atomic E-state index is 11.6. The second-order valence-electron chi connectivity index (χ2n) is 9.55. The number of carboxylic acid groups (broad SMARTS) is 1. The van der Waals surface area contributed by atoms with Gasteiger partial charge in [0.2, 0.25) is 0 Å². The minimum absolute atomic E-state index is 0.0720. The molecule has 4 aromatic rings. The zero-order valence-corrected chi connectivity index (χ0v) is 22.5. The first-order chi connectivity index (χ1) is 16.7. The summed E-state index contributed by atoms with van der Waals surface area (Å²) in [4.78, 5) is 16.4. The quantitative estimate of drug-likeness (QED) is 0.145. The molecule has 36 heavy (non-hydrogen) atoms. The van der Waals surface area contributed by atoms with Crippen LogP contribution >= 0.6 is 22.9 Å². The van der Waals surface area contributed by atoms with Crippen molar-refractivity contribution in [3.05, 3.63) is 64.7 Å². The van der Waals surface area contributed by atoms with E-state index in [0.717, 1.165) is 48.7 Å². The van der Waals surface area contributed by atoms with Crippen molar-refractivity contribution >= 4 is 50.5 Å². The van der Waals surface area contributed by atoms with Crippen LogP contribution in [0.1, 0.15) is 31.9 Å². The highest BCUT2D eigenvalue weighted by molar-refractivity contribution is 7.22. The molecule has 0 saturated heterocycles. The van der Waals surface area contributed by atoms with E-state index in [1.54, 1.807) is 40.0 Å². The Morgan fingerprint density at radius 3 is 2.22 bits per heavy atom. The Hall–Kier alpha value is -3.17. The summed E-state index contributed by atoms with van der Waals surface area (Å²) in [6.07, 6.45) is -0.0720. The van der Waals surface area contributed by atoms with E-state index in [2.05, 4.69) is 0 Å². The number of rotatable bonds is 5. The number of aryl methyl sites for hydroxylation is 1.